The molecule has 0 saturated carbocycles. The van der Waals surface area contributed by atoms with E-state index in [0.717, 1.165) is 31.1 Å². The second kappa shape index (κ2) is 8.49. The smallest absolute Gasteiger partial charge is 0.170 e. The third-order valence-electron chi connectivity index (χ3n) is 3.08. The van der Waals surface area contributed by atoms with E-state index in [1.54, 1.807) is 4.68 Å². The van der Waals surface area contributed by atoms with Crippen LogP contribution in [0.2, 0.25) is 0 Å². The summed E-state index contributed by atoms with van der Waals surface area (Å²) in [5.74, 6) is 1.48. The van der Waals surface area contributed by atoms with E-state index >= 15 is 0 Å². The first kappa shape index (κ1) is 15.6. The predicted octanol–water partition coefficient (Wildman–Crippen LogP) is 1.81. The normalized spacial score (nSPS) is 11.2. The van der Waals surface area contributed by atoms with Crippen LogP contribution in [0.5, 0.6) is 0 Å². The highest BCUT2D eigenvalue weighted by Gasteiger charge is 2.06. The molecular weight excluding hydrogens is 266 g/mol. The molecule has 6 heteroatoms. The van der Waals surface area contributed by atoms with E-state index < -0.39 is 0 Å². The van der Waals surface area contributed by atoms with Gasteiger partial charge < -0.3 is 10.1 Å². The summed E-state index contributed by atoms with van der Waals surface area (Å²) in [6.07, 6.45) is 1.10. The Kier molecular flexibility index (Phi) is 6.30. The molecule has 0 fully saturated rings. The largest absolute Gasteiger partial charge is 0.380 e. The van der Waals surface area contributed by atoms with Crippen LogP contribution >= 0.6 is 0 Å². The van der Waals surface area contributed by atoms with Gasteiger partial charge in [0.25, 0.3) is 0 Å². The lowest BCUT2D eigenvalue weighted by Gasteiger charge is -2.08. The van der Waals surface area contributed by atoms with Crippen LogP contribution in [0.25, 0.3) is 5.69 Å². The van der Waals surface area contributed by atoms with Crippen molar-refractivity contribution in [3.63, 3.8) is 0 Å². The van der Waals surface area contributed by atoms with E-state index in [9.17, 15) is 0 Å². The number of hydrogen-bond donors (Lipinski definition) is 1. The van der Waals surface area contributed by atoms with E-state index in [-0.39, 0.29) is 0 Å². The fourth-order valence-electron chi connectivity index (χ4n) is 1.85. The first-order valence-electron chi connectivity index (χ1n) is 7.38. The summed E-state index contributed by atoms with van der Waals surface area (Å²) in [5.41, 5.74) is 0.965. The van der Waals surface area contributed by atoms with E-state index in [2.05, 4.69) is 34.7 Å². The molecule has 114 valence electrons. The SMILES string of the molecule is CC(C)CCOCCNCc1nnnn1-c1ccccc1. The Labute approximate surface area is 125 Å². The van der Waals surface area contributed by atoms with Gasteiger partial charge in [-0.2, -0.15) is 4.68 Å². The van der Waals surface area contributed by atoms with Crippen molar-refractivity contribution in [2.75, 3.05) is 19.8 Å². The number of aromatic nitrogens is 4. The molecule has 21 heavy (non-hydrogen) atoms. The van der Waals surface area contributed by atoms with Gasteiger partial charge in [0.05, 0.1) is 18.8 Å². The van der Waals surface area contributed by atoms with Crippen molar-refractivity contribution in [1.29, 1.82) is 0 Å². The Bertz CT molecular complexity index is 512. The van der Waals surface area contributed by atoms with E-state index in [0.29, 0.717) is 19.1 Å². The molecule has 0 aliphatic carbocycles. The van der Waals surface area contributed by atoms with Crippen LogP contribution in [0.15, 0.2) is 30.3 Å². The van der Waals surface area contributed by atoms with Crippen molar-refractivity contribution in [1.82, 2.24) is 25.5 Å². The van der Waals surface area contributed by atoms with Crippen LogP contribution in [0.1, 0.15) is 26.1 Å². The van der Waals surface area contributed by atoms with Gasteiger partial charge in [0.15, 0.2) is 5.82 Å². The lowest BCUT2D eigenvalue weighted by atomic mass is 10.1. The molecule has 0 saturated heterocycles. The molecule has 1 heterocycles. The minimum atomic E-state index is 0.620. The Hall–Kier alpha value is -1.79. The van der Waals surface area contributed by atoms with Crippen molar-refractivity contribution >= 4 is 0 Å². The number of rotatable bonds is 9. The van der Waals surface area contributed by atoms with Crippen LogP contribution in [-0.4, -0.2) is 40.0 Å². The van der Waals surface area contributed by atoms with E-state index in [1.807, 2.05) is 30.3 Å². The first-order chi connectivity index (χ1) is 10.3. The molecule has 1 aromatic heterocycles. The van der Waals surface area contributed by atoms with Crippen LogP contribution < -0.4 is 5.32 Å². The molecule has 0 aliphatic heterocycles. The lowest BCUT2D eigenvalue weighted by Crippen LogP contribution is -2.22. The van der Waals surface area contributed by atoms with Gasteiger partial charge in [-0.15, -0.1) is 5.10 Å². The number of nitrogens with zero attached hydrogens (tertiary/aromatic N) is 4. The quantitative estimate of drug-likeness (QED) is 0.713. The van der Waals surface area contributed by atoms with Crippen molar-refractivity contribution in [3.05, 3.63) is 36.2 Å². The highest BCUT2D eigenvalue weighted by Crippen LogP contribution is 2.06. The zero-order valence-electron chi connectivity index (χ0n) is 12.7. The highest BCUT2D eigenvalue weighted by molar-refractivity contribution is 5.30. The Morgan fingerprint density at radius 3 is 2.76 bits per heavy atom. The molecule has 0 aliphatic rings. The van der Waals surface area contributed by atoms with Gasteiger partial charge in [-0.05, 0) is 34.9 Å². The minimum absolute atomic E-state index is 0.620. The topological polar surface area (TPSA) is 64.9 Å². The maximum absolute atomic E-state index is 5.56. The average Bonchev–Trinajstić information content (AvgIpc) is 2.95. The number of para-hydroxylation sites is 1. The first-order valence-corrected chi connectivity index (χ1v) is 7.38. The molecule has 1 aromatic carbocycles. The lowest BCUT2D eigenvalue weighted by molar-refractivity contribution is 0.125. The Morgan fingerprint density at radius 1 is 1.19 bits per heavy atom. The highest BCUT2D eigenvalue weighted by atomic mass is 16.5. The van der Waals surface area contributed by atoms with Gasteiger partial charge in [-0.1, -0.05) is 32.0 Å². The summed E-state index contributed by atoms with van der Waals surface area (Å²) in [7, 11) is 0. The number of benzene rings is 1. The Balaban J connectivity index is 1.71. The van der Waals surface area contributed by atoms with Gasteiger partial charge in [-0.25, -0.2) is 0 Å². The predicted molar refractivity (Wildman–Crippen MR) is 81.1 cm³/mol. The minimum Gasteiger partial charge on any atom is -0.380 e. The van der Waals surface area contributed by atoms with Crippen molar-refractivity contribution in [3.8, 4) is 5.69 Å². The van der Waals surface area contributed by atoms with Gasteiger partial charge >= 0.3 is 0 Å². The van der Waals surface area contributed by atoms with Crippen LogP contribution in [-0.2, 0) is 11.3 Å². The van der Waals surface area contributed by atoms with Crippen LogP contribution in [0.3, 0.4) is 0 Å². The number of hydrogen-bond acceptors (Lipinski definition) is 5. The molecule has 2 rings (SSSR count). The van der Waals surface area contributed by atoms with Crippen LogP contribution in [0.4, 0.5) is 0 Å². The molecule has 0 unspecified atom stereocenters. The van der Waals surface area contributed by atoms with E-state index in [1.165, 1.54) is 0 Å². The Morgan fingerprint density at radius 2 is 2.00 bits per heavy atom. The van der Waals surface area contributed by atoms with Gasteiger partial charge in [0.2, 0.25) is 0 Å². The second-order valence-electron chi connectivity index (χ2n) is 5.31. The molecule has 0 amide bonds. The summed E-state index contributed by atoms with van der Waals surface area (Å²) in [4.78, 5) is 0. The van der Waals surface area contributed by atoms with Gasteiger partial charge in [0, 0.05) is 13.2 Å². The molecular formula is C15H23N5O. The molecule has 1 N–H and O–H groups in total. The maximum Gasteiger partial charge on any atom is 0.170 e. The third kappa shape index (κ3) is 5.24. The number of nitrogens with one attached hydrogen (secondary N) is 1. The summed E-state index contributed by atoms with van der Waals surface area (Å²) in [5, 5.41) is 15.1. The van der Waals surface area contributed by atoms with Crippen molar-refractivity contribution < 1.29 is 4.74 Å². The number of ether oxygens (including phenoxy) is 1. The van der Waals surface area contributed by atoms with Gasteiger partial charge in [0.1, 0.15) is 0 Å². The molecule has 0 spiro atoms. The average molecular weight is 289 g/mol. The molecule has 0 radical (unpaired) electrons. The maximum atomic E-state index is 5.56. The summed E-state index contributed by atoms with van der Waals surface area (Å²) >= 11 is 0. The standard InChI is InChI=1S/C15H23N5O/c1-13(2)8-10-21-11-9-16-12-15-17-18-19-20(15)14-6-4-3-5-7-14/h3-7,13,16H,8-12H2,1-2H3. The van der Waals surface area contributed by atoms with Gasteiger partial charge in [-0.3, -0.25) is 0 Å². The summed E-state index contributed by atoms with van der Waals surface area (Å²) in [6, 6.07) is 9.87. The molecule has 0 bridgehead atoms. The summed E-state index contributed by atoms with van der Waals surface area (Å²) in [6.45, 7) is 7.34. The number of tetrazole rings is 1. The second-order valence-corrected chi connectivity index (χ2v) is 5.31. The molecule has 6 nitrogen and oxygen atoms in total. The monoisotopic (exact) mass is 289 g/mol. The fraction of sp³-hybridized carbons (Fsp3) is 0.533. The van der Waals surface area contributed by atoms with E-state index in [4.69, 9.17) is 4.74 Å². The molecule has 0 atom stereocenters. The third-order valence-corrected chi connectivity index (χ3v) is 3.08. The van der Waals surface area contributed by atoms with Crippen molar-refractivity contribution in [2.45, 2.75) is 26.8 Å². The van der Waals surface area contributed by atoms with Crippen molar-refractivity contribution in [2.24, 2.45) is 5.92 Å². The molecule has 2 aromatic rings. The zero-order valence-corrected chi connectivity index (χ0v) is 12.7. The summed E-state index contributed by atoms with van der Waals surface area (Å²) < 4.78 is 7.30. The van der Waals surface area contributed by atoms with Crippen LogP contribution in [0, 0.1) is 5.92 Å². The zero-order chi connectivity index (χ0) is 14.9. The fourth-order valence-corrected chi connectivity index (χ4v) is 1.85.